The first-order chi connectivity index (χ1) is 13.5. The maximum Gasteiger partial charge on any atom is 0.490 e. The van der Waals surface area contributed by atoms with Crippen molar-refractivity contribution in [1.82, 2.24) is 14.9 Å². The molecular formula is C17H23F3N4O4S. The van der Waals surface area contributed by atoms with Crippen molar-refractivity contribution in [1.29, 1.82) is 0 Å². The molecule has 0 amide bonds. The third-order valence-corrected chi connectivity index (χ3v) is 7.59. The predicted octanol–water partition coefficient (Wildman–Crippen LogP) is 1.43. The number of aromatic nitrogens is 2. The fraction of sp³-hybridized carbons (Fsp3) is 0.706. The number of aliphatic carboxylic acids is 1. The summed E-state index contributed by atoms with van der Waals surface area (Å²) in [5, 5.41) is 6.83. The molecule has 1 aromatic heterocycles. The highest BCUT2D eigenvalue weighted by Crippen LogP contribution is 2.39. The molecule has 4 heterocycles. The van der Waals surface area contributed by atoms with Crippen LogP contribution in [-0.4, -0.2) is 78.5 Å². The number of alkyl halides is 3. The smallest absolute Gasteiger partial charge is 0.475 e. The zero-order valence-corrected chi connectivity index (χ0v) is 16.7. The summed E-state index contributed by atoms with van der Waals surface area (Å²) in [6.07, 6.45) is -0.965. The summed E-state index contributed by atoms with van der Waals surface area (Å²) < 4.78 is 56.8. The highest BCUT2D eigenvalue weighted by molar-refractivity contribution is 7.91. The zero-order chi connectivity index (χ0) is 21.4. The Labute approximate surface area is 166 Å². The Morgan fingerprint density at radius 2 is 1.90 bits per heavy atom. The van der Waals surface area contributed by atoms with Crippen LogP contribution in [-0.2, 0) is 20.4 Å². The molecule has 3 aliphatic heterocycles. The highest BCUT2D eigenvalue weighted by atomic mass is 32.2. The second-order valence-corrected chi connectivity index (χ2v) is 9.60. The number of sulfone groups is 1. The normalized spacial score (nSPS) is 25.7. The van der Waals surface area contributed by atoms with E-state index in [1.165, 1.54) is 12.8 Å². The average molecular weight is 436 g/mol. The molecule has 1 N–H and O–H groups in total. The van der Waals surface area contributed by atoms with Crippen LogP contribution in [0.2, 0.25) is 0 Å². The standard InChI is InChI=1S/C15H22N4O2S.C2HF3O2/c1-2-18-8-12-13(9-18)22(20,21)10-11-7-16-15(17-14(11)12)19-5-3-4-6-19;3-2(4,5)1(6)7/h7,12-13H,2-6,8-10H2,1H3;(H,6,7)/t12-,13+;/m0./s1. The van der Waals surface area contributed by atoms with Gasteiger partial charge in [-0.05, 0) is 19.4 Å². The van der Waals surface area contributed by atoms with Crippen LogP contribution >= 0.6 is 0 Å². The average Bonchev–Trinajstić information content (AvgIpc) is 3.31. The van der Waals surface area contributed by atoms with E-state index in [0.717, 1.165) is 43.4 Å². The van der Waals surface area contributed by atoms with E-state index in [1.54, 1.807) is 6.20 Å². The van der Waals surface area contributed by atoms with Gasteiger partial charge in [0.2, 0.25) is 5.95 Å². The van der Waals surface area contributed by atoms with Crippen molar-refractivity contribution in [3.63, 3.8) is 0 Å². The quantitative estimate of drug-likeness (QED) is 0.743. The molecule has 0 unspecified atom stereocenters. The molecule has 0 aromatic carbocycles. The Morgan fingerprint density at radius 3 is 2.45 bits per heavy atom. The highest BCUT2D eigenvalue weighted by Gasteiger charge is 2.47. The molecule has 2 saturated heterocycles. The second-order valence-electron chi connectivity index (χ2n) is 7.38. The Hall–Kier alpha value is -1.95. The van der Waals surface area contributed by atoms with E-state index < -0.39 is 22.0 Å². The van der Waals surface area contributed by atoms with Crippen LogP contribution in [0.3, 0.4) is 0 Å². The Morgan fingerprint density at radius 1 is 1.28 bits per heavy atom. The second kappa shape index (κ2) is 8.05. The number of rotatable bonds is 2. The largest absolute Gasteiger partial charge is 0.490 e. The van der Waals surface area contributed by atoms with Gasteiger partial charge in [-0.2, -0.15) is 13.2 Å². The number of carbonyl (C=O) groups is 1. The molecule has 0 bridgehead atoms. The van der Waals surface area contributed by atoms with E-state index in [9.17, 15) is 21.6 Å². The maximum absolute atomic E-state index is 12.5. The van der Waals surface area contributed by atoms with Crippen molar-refractivity contribution < 1.29 is 31.5 Å². The summed E-state index contributed by atoms with van der Waals surface area (Å²) in [5.41, 5.74) is 1.79. The number of likely N-dealkylation sites (tertiary alicyclic amines) is 1. The molecule has 0 spiro atoms. The molecule has 0 aliphatic carbocycles. The number of fused-ring (bicyclic) bond motifs is 3. The van der Waals surface area contributed by atoms with Crippen LogP contribution in [0, 0.1) is 0 Å². The number of halogens is 3. The summed E-state index contributed by atoms with van der Waals surface area (Å²) in [7, 11) is -3.08. The minimum absolute atomic E-state index is 0.0121. The topological polar surface area (TPSA) is 104 Å². The minimum atomic E-state index is -5.08. The molecule has 4 rings (SSSR count). The van der Waals surface area contributed by atoms with Crippen LogP contribution in [0.15, 0.2) is 6.20 Å². The molecule has 8 nitrogen and oxygen atoms in total. The number of likely N-dealkylation sites (N-methyl/N-ethyl adjacent to an activating group) is 1. The van der Waals surface area contributed by atoms with Crippen molar-refractivity contribution in [3.8, 4) is 0 Å². The molecule has 12 heteroatoms. The van der Waals surface area contributed by atoms with Gasteiger partial charge in [0.1, 0.15) is 0 Å². The van der Waals surface area contributed by atoms with E-state index in [0.29, 0.717) is 6.54 Å². The lowest BCUT2D eigenvalue weighted by molar-refractivity contribution is -0.192. The van der Waals surface area contributed by atoms with Gasteiger partial charge in [0.05, 0.1) is 16.7 Å². The van der Waals surface area contributed by atoms with Crippen LogP contribution in [0.5, 0.6) is 0 Å². The van der Waals surface area contributed by atoms with E-state index in [2.05, 4.69) is 21.7 Å². The first-order valence-electron chi connectivity index (χ1n) is 9.37. The van der Waals surface area contributed by atoms with Gasteiger partial charge < -0.3 is 14.9 Å². The number of anilines is 1. The fourth-order valence-electron chi connectivity index (χ4n) is 3.97. The summed E-state index contributed by atoms with van der Waals surface area (Å²) >= 11 is 0. The predicted molar refractivity (Wildman–Crippen MR) is 98.4 cm³/mol. The van der Waals surface area contributed by atoms with Gasteiger partial charge in [-0.25, -0.2) is 23.2 Å². The van der Waals surface area contributed by atoms with Gasteiger partial charge in [0.25, 0.3) is 0 Å². The van der Waals surface area contributed by atoms with Crippen LogP contribution in [0.4, 0.5) is 19.1 Å². The number of hydrogen-bond acceptors (Lipinski definition) is 7. The lowest BCUT2D eigenvalue weighted by Crippen LogP contribution is -2.35. The molecule has 2 atom stereocenters. The van der Waals surface area contributed by atoms with Crippen molar-refractivity contribution in [2.24, 2.45) is 0 Å². The van der Waals surface area contributed by atoms with Crippen LogP contribution in [0.25, 0.3) is 0 Å². The van der Waals surface area contributed by atoms with Crippen molar-refractivity contribution >= 4 is 21.8 Å². The molecule has 2 fully saturated rings. The van der Waals surface area contributed by atoms with Crippen molar-refractivity contribution in [2.75, 3.05) is 37.6 Å². The molecule has 3 aliphatic rings. The first kappa shape index (κ1) is 21.8. The number of carboxylic acid groups (broad SMARTS) is 1. The van der Waals surface area contributed by atoms with Crippen LogP contribution in [0.1, 0.15) is 36.9 Å². The lowest BCUT2D eigenvalue weighted by atomic mass is 10.00. The number of hydrogen-bond donors (Lipinski definition) is 1. The Kier molecular flexibility index (Phi) is 6.04. The van der Waals surface area contributed by atoms with Gasteiger partial charge in [-0.1, -0.05) is 6.92 Å². The SMILES string of the molecule is CCN1C[C@@H]2c3nc(N4CCCC4)ncc3CS(=O)(=O)[C@@H]2C1.O=C(O)C(F)(F)F. The van der Waals surface area contributed by atoms with Gasteiger partial charge >= 0.3 is 12.1 Å². The molecule has 29 heavy (non-hydrogen) atoms. The van der Waals surface area contributed by atoms with Crippen LogP contribution < -0.4 is 4.90 Å². The molecular weight excluding hydrogens is 413 g/mol. The Balaban J connectivity index is 0.000000298. The van der Waals surface area contributed by atoms with Crippen molar-refractivity contribution in [2.45, 2.75) is 42.9 Å². The number of nitrogens with zero attached hydrogens (tertiary/aromatic N) is 4. The molecule has 0 saturated carbocycles. The van der Waals surface area contributed by atoms with Gasteiger partial charge in [-0.3, -0.25) is 0 Å². The minimum Gasteiger partial charge on any atom is -0.475 e. The third kappa shape index (κ3) is 4.63. The van der Waals surface area contributed by atoms with E-state index in [1.807, 2.05) is 0 Å². The molecule has 0 radical (unpaired) electrons. The zero-order valence-electron chi connectivity index (χ0n) is 15.9. The third-order valence-electron chi connectivity index (χ3n) is 5.47. The summed E-state index contributed by atoms with van der Waals surface area (Å²) in [6, 6.07) is 0. The van der Waals surface area contributed by atoms with E-state index in [-0.39, 0.29) is 16.9 Å². The summed E-state index contributed by atoms with van der Waals surface area (Å²) in [5.74, 6) is -1.86. The first-order valence-corrected chi connectivity index (χ1v) is 11.1. The summed E-state index contributed by atoms with van der Waals surface area (Å²) in [4.78, 5) is 22.6. The van der Waals surface area contributed by atoms with Gasteiger partial charge in [0, 0.05) is 43.9 Å². The lowest BCUT2D eigenvalue weighted by Gasteiger charge is -2.27. The van der Waals surface area contributed by atoms with Crippen molar-refractivity contribution in [3.05, 3.63) is 17.5 Å². The van der Waals surface area contributed by atoms with Gasteiger partial charge in [-0.15, -0.1) is 0 Å². The maximum atomic E-state index is 12.5. The number of carboxylic acids is 1. The van der Waals surface area contributed by atoms with E-state index in [4.69, 9.17) is 14.9 Å². The monoisotopic (exact) mass is 436 g/mol. The Bertz CT molecular complexity index is 872. The molecule has 1 aromatic rings. The van der Waals surface area contributed by atoms with Gasteiger partial charge in [0.15, 0.2) is 9.84 Å². The van der Waals surface area contributed by atoms with E-state index >= 15 is 0 Å². The fourth-order valence-corrected chi connectivity index (χ4v) is 6.00. The summed E-state index contributed by atoms with van der Waals surface area (Å²) in [6.45, 7) is 6.43. The molecule has 162 valence electrons.